The lowest BCUT2D eigenvalue weighted by atomic mass is 9.93. The third-order valence-corrected chi connectivity index (χ3v) is 7.80. The summed E-state index contributed by atoms with van der Waals surface area (Å²) in [6.45, 7) is 3.33. The molecule has 1 N–H and O–H groups in total. The minimum absolute atomic E-state index is 0.0811. The van der Waals surface area contributed by atoms with Crippen LogP contribution in [0.1, 0.15) is 42.0 Å². The van der Waals surface area contributed by atoms with Gasteiger partial charge in [-0.1, -0.05) is 0 Å². The van der Waals surface area contributed by atoms with Gasteiger partial charge >= 0.3 is 0 Å². The van der Waals surface area contributed by atoms with E-state index in [0.29, 0.717) is 47.7 Å². The molecule has 0 bridgehead atoms. The van der Waals surface area contributed by atoms with Gasteiger partial charge < -0.3 is 14.8 Å². The lowest BCUT2D eigenvalue weighted by molar-refractivity contribution is 0.152. The van der Waals surface area contributed by atoms with Crippen molar-refractivity contribution in [3.05, 3.63) is 69.9 Å². The van der Waals surface area contributed by atoms with Gasteiger partial charge in [0, 0.05) is 60.3 Å². The summed E-state index contributed by atoms with van der Waals surface area (Å²) >= 11 is 0. The fourth-order valence-corrected chi connectivity index (χ4v) is 5.81. The van der Waals surface area contributed by atoms with Crippen molar-refractivity contribution in [2.24, 2.45) is 7.05 Å². The van der Waals surface area contributed by atoms with E-state index in [1.807, 2.05) is 17.0 Å². The van der Waals surface area contributed by atoms with Crippen LogP contribution in [0.15, 0.2) is 47.7 Å². The van der Waals surface area contributed by atoms with Crippen LogP contribution in [-0.4, -0.2) is 45.1 Å². The van der Waals surface area contributed by atoms with Crippen molar-refractivity contribution in [3.63, 3.8) is 0 Å². The first-order valence-corrected chi connectivity index (χ1v) is 12.9. The largest absolute Gasteiger partial charge is 0.326 e. The summed E-state index contributed by atoms with van der Waals surface area (Å²) in [6, 6.07) is 6.59. The highest BCUT2D eigenvalue weighted by Gasteiger charge is 2.29. The maximum absolute atomic E-state index is 14.5. The first kappa shape index (κ1) is 24.7. The number of aryl methyl sites for hydroxylation is 3. The molecule has 2 aliphatic rings. The monoisotopic (exact) mass is 522 g/mol. The summed E-state index contributed by atoms with van der Waals surface area (Å²) < 4.78 is 46.6. The van der Waals surface area contributed by atoms with E-state index in [4.69, 9.17) is 0 Å². The number of nitrogens with one attached hydrogen (secondary N) is 1. The number of benzene rings is 1. The number of aromatic nitrogens is 4. The molecule has 198 valence electrons. The summed E-state index contributed by atoms with van der Waals surface area (Å²) in [6.07, 6.45) is 3.24. The number of pyridine rings is 2. The van der Waals surface area contributed by atoms with Crippen molar-refractivity contribution in [1.82, 2.24) is 24.6 Å². The summed E-state index contributed by atoms with van der Waals surface area (Å²) in [5.74, 6) is 0.642. The molecule has 2 unspecified atom stereocenters. The van der Waals surface area contributed by atoms with E-state index >= 15 is 0 Å². The van der Waals surface area contributed by atoms with Crippen molar-refractivity contribution >= 4 is 22.4 Å². The first-order chi connectivity index (χ1) is 18.3. The van der Waals surface area contributed by atoms with E-state index in [2.05, 4.69) is 15.4 Å². The fraction of sp³-hybridized carbons (Fsp3) is 0.393. The van der Waals surface area contributed by atoms with Gasteiger partial charge in [-0.25, -0.2) is 18.2 Å². The smallest absolute Gasteiger partial charge is 0.264 e. The zero-order chi connectivity index (χ0) is 26.6. The average molecular weight is 523 g/mol. The number of halogens is 3. The van der Waals surface area contributed by atoms with E-state index in [-0.39, 0.29) is 17.7 Å². The Kier molecular flexibility index (Phi) is 6.22. The van der Waals surface area contributed by atoms with Gasteiger partial charge in [0.25, 0.3) is 12.0 Å². The molecule has 3 aromatic heterocycles. The van der Waals surface area contributed by atoms with Crippen molar-refractivity contribution in [3.8, 4) is 11.1 Å². The van der Waals surface area contributed by atoms with E-state index in [1.54, 1.807) is 53.9 Å². The second-order valence-corrected chi connectivity index (χ2v) is 10.2. The summed E-state index contributed by atoms with van der Waals surface area (Å²) in [4.78, 5) is 19.1. The van der Waals surface area contributed by atoms with Crippen LogP contribution in [0.5, 0.6) is 0 Å². The highest BCUT2D eigenvalue weighted by molar-refractivity contribution is 5.93. The van der Waals surface area contributed by atoms with Crippen LogP contribution >= 0.6 is 0 Å². The summed E-state index contributed by atoms with van der Waals surface area (Å²) in [5.41, 5.74) is 3.75. The van der Waals surface area contributed by atoms with Gasteiger partial charge in [-0.2, -0.15) is 5.10 Å². The van der Waals surface area contributed by atoms with Crippen LogP contribution in [0, 0.1) is 6.92 Å². The highest BCUT2D eigenvalue weighted by atomic mass is 19.3. The topological polar surface area (TPSA) is 68.0 Å². The Morgan fingerprint density at radius 1 is 1.21 bits per heavy atom. The second-order valence-electron chi connectivity index (χ2n) is 10.2. The Morgan fingerprint density at radius 2 is 2.05 bits per heavy atom. The van der Waals surface area contributed by atoms with E-state index in [1.165, 1.54) is 0 Å². The van der Waals surface area contributed by atoms with Crippen LogP contribution < -0.4 is 15.8 Å². The lowest BCUT2D eigenvalue weighted by Gasteiger charge is -2.32. The molecule has 6 rings (SSSR count). The van der Waals surface area contributed by atoms with Gasteiger partial charge in [0.2, 0.25) is 0 Å². The quantitative estimate of drug-likeness (QED) is 0.409. The lowest BCUT2D eigenvalue weighted by Crippen LogP contribution is -2.39. The number of alkyl halides is 3. The summed E-state index contributed by atoms with van der Waals surface area (Å²) in [7, 11) is 1.72. The number of anilines is 2. The van der Waals surface area contributed by atoms with Crippen LogP contribution in [0.25, 0.3) is 22.0 Å². The molecule has 2 aliphatic heterocycles. The van der Waals surface area contributed by atoms with Gasteiger partial charge in [-0.05, 0) is 68.1 Å². The van der Waals surface area contributed by atoms with E-state index in [9.17, 15) is 18.0 Å². The van der Waals surface area contributed by atoms with Crippen molar-refractivity contribution in [2.75, 3.05) is 24.5 Å². The molecular formula is C28H29F3N6O. The number of hydrogen-bond acceptors (Lipinski definition) is 5. The van der Waals surface area contributed by atoms with Gasteiger partial charge in [-0.15, -0.1) is 0 Å². The van der Waals surface area contributed by atoms with E-state index in [0.717, 1.165) is 29.3 Å². The van der Waals surface area contributed by atoms with E-state index < -0.39 is 18.6 Å². The van der Waals surface area contributed by atoms with Gasteiger partial charge in [0.1, 0.15) is 12.0 Å². The number of nitrogens with zero attached hydrogens (tertiary/aromatic N) is 5. The van der Waals surface area contributed by atoms with Gasteiger partial charge in [0.15, 0.2) is 0 Å². The predicted molar refractivity (Wildman–Crippen MR) is 141 cm³/mol. The molecule has 1 aromatic carbocycles. The van der Waals surface area contributed by atoms with Crippen molar-refractivity contribution < 1.29 is 13.2 Å². The first-order valence-electron chi connectivity index (χ1n) is 12.9. The third kappa shape index (κ3) is 4.07. The second kappa shape index (κ2) is 9.58. The SMILES string of the molecule is Cc1cc2c(N3CCCc4cc(-c5cnn(C6CCNCC6F)c5)c(C(F)F)cc43)nccc2n(C)c1=O. The molecule has 1 saturated heterocycles. The molecule has 5 heterocycles. The molecule has 0 amide bonds. The van der Waals surface area contributed by atoms with Gasteiger partial charge in [-0.3, -0.25) is 9.48 Å². The third-order valence-electron chi connectivity index (χ3n) is 7.80. The zero-order valence-corrected chi connectivity index (χ0v) is 21.3. The molecular weight excluding hydrogens is 493 g/mol. The van der Waals surface area contributed by atoms with Crippen LogP contribution in [0.4, 0.5) is 24.7 Å². The van der Waals surface area contributed by atoms with Crippen LogP contribution in [-0.2, 0) is 13.5 Å². The van der Waals surface area contributed by atoms with Crippen molar-refractivity contribution in [1.29, 1.82) is 0 Å². The average Bonchev–Trinajstić information content (AvgIpc) is 3.41. The Labute approximate surface area is 217 Å². The molecule has 1 fully saturated rings. The van der Waals surface area contributed by atoms with Crippen molar-refractivity contribution in [2.45, 2.75) is 44.8 Å². The minimum Gasteiger partial charge on any atom is -0.326 e. The Hall–Kier alpha value is -3.66. The molecule has 2 atom stereocenters. The molecule has 38 heavy (non-hydrogen) atoms. The maximum Gasteiger partial charge on any atom is 0.264 e. The normalized spacial score (nSPS) is 19.8. The van der Waals surface area contributed by atoms with Crippen LogP contribution in [0.2, 0.25) is 0 Å². The Morgan fingerprint density at radius 3 is 2.84 bits per heavy atom. The Balaban J connectivity index is 1.45. The molecule has 7 nitrogen and oxygen atoms in total. The Bertz CT molecular complexity index is 1580. The maximum atomic E-state index is 14.5. The molecule has 0 spiro atoms. The number of fused-ring (bicyclic) bond motifs is 2. The zero-order valence-electron chi connectivity index (χ0n) is 21.3. The molecule has 0 saturated carbocycles. The highest BCUT2D eigenvalue weighted by Crippen LogP contribution is 2.42. The molecule has 10 heteroatoms. The molecule has 4 aromatic rings. The fourth-order valence-electron chi connectivity index (χ4n) is 5.81. The van der Waals surface area contributed by atoms with Gasteiger partial charge in [0.05, 0.1) is 17.8 Å². The minimum atomic E-state index is -2.71. The van der Waals surface area contributed by atoms with Crippen LogP contribution in [0.3, 0.4) is 0 Å². The summed E-state index contributed by atoms with van der Waals surface area (Å²) in [5, 5.41) is 8.18. The molecule has 0 radical (unpaired) electrons. The molecule has 0 aliphatic carbocycles. The number of piperidine rings is 1. The number of hydrogen-bond donors (Lipinski definition) is 1. The standard InChI is InChI=1S/C28H29F3N6O/c1-16-10-21-23(35(2)28(16)38)6-8-33-27(21)36-9-3-4-17-11-19(20(26(30)31)12-25(17)36)18-13-34-37(15-18)24-5-7-32-14-22(24)29/h6,8,10-13,15,22,24,26,32H,3-5,7,9,14H2,1-2H3. The number of rotatable bonds is 4. The predicted octanol–water partition coefficient (Wildman–Crippen LogP) is 5.00.